The number of imide groups is 1. The van der Waals surface area contributed by atoms with Gasteiger partial charge in [0.15, 0.2) is 5.11 Å². The molecular weight excluding hydrogens is 334 g/mol. The zero-order chi connectivity index (χ0) is 17.9. The monoisotopic (exact) mass is 351 g/mol. The Morgan fingerprint density at radius 3 is 2.54 bits per heavy atom. The second kappa shape index (κ2) is 6.79. The maximum absolute atomic E-state index is 12.6. The largest absolute Gasteiger partial charge is 0.361 e. The molecule has 9 nitrogen and oxygen atoms in total. The van der Waals surface area contributed by atoms with Crippen molar-refractivity contribution >= 4 is 35.0 Å². The van der Waals surface area contributed by atoms with Gasteiger partial charge >= 0.3 is 6.03 Å². The molecule has 1 atom stereocenters. The number of benzene rings is 1. The van der Waals surface area contributed by atoms with E-state index in [1.54, 1.807) is 0 Å². The number of non-ortho nitro benzene ring substituents is 1. The Morgan fingerprint density at radius 1 is 1.38 bits per heavy atom. The summed E-state index contributed by atoms with van der Waals surface area (Å²) < 4.78 is 0. The van der Waals surface area contributed by atoms with Crippen LogP contribution in [0.4, 0.5) is 10.5 Å². The summed E-state index contributed by atoms with van der Waals surface area (Å²) in [6, 6.07) is 4.79. The van der Waals surface area contributed by atoms with Crippen molar-refractivity contribution in [3.63, 3.8) is 0 Å². The average Bonchev–Trinajstić information content (AvgIpc) is 2.77. The zero-order valence-corrected chi connectivity index (χ0v) is 14.0. The second-order valence-corrected chi connectivity index (χ2v) is 5.78. The number of carbonyl (C=O) groups is 2. The number of nitrogens with one attached hydrogen (secondary N) is 3. The van der Waals surface area contributed by atoms with Gasteiger partial charge in [-0.1, -0.05) is 6.92 Å². The molecule has 0 saturated carbocycles. The van der Waals surface area contributed by atoms with E-state index < -0.39 is 22.4 Å². The smallest absolute Gasteiger partial charge is 0.344 e. The minimum Gasteiger partial charge on any atom is -0.361 e. The molecule has 2 rings (SSSR count). The number of hydrogen-bond donors (Lipinski definition) is 3. The Bertz CT molecular complexity index is 693. The molecule has 1 aliphatic rings. The average molecular weight is 351 g/mol. The Balaban J connectivity index is 2.19. The standard InChI is InChI=1S/C14H17N5O4S/c1-3-8-15-12(24)17-18-11(20)14(2,16-13(18)21)9-4-6-10(7-5-9)19(22)23/h4-7H,3,8H2,1-2H3,(H,16,21)(H2,15,17,24)/t14-/m1/s1. The van der Waals surface area contributed by atoms with Crippen LogP contribution in [0, 0.1) is 10.1 Å². The van der Waals surface area contributed by atoms with E-state index in [1.807, 2.05) is 6.92 Å². The van der Waals surface area contributed by atoms with Crippen LogP contribution in [-0.4, -0.2) is 33.5 Å². The van der Waals surface area contributed by atoms with Gasteiger partial charge in [-0.25, -0.2) is 4.79 Å². The molecule has 0 spiro atoms. The molecule has 3 N–H and O–H groups in total. The maximum atomic E-state index is 12.6. The molecule has 128 valence electrons. The topological polar surface area (TPSA) is 117 Å². The third-order valence-corrected chi connectivity index (χ3v) is 3.83. The lowest BCUT2D eigenvalue weighted by atomic mass is 9.92. The van der Waals surface area contributed by atoms with Gasteiger partial charge in [-0.15, -0.1) is 0 Å². The van der Waals surface area contributed by atoms with Gasteiger partial charge in [0.25, 0.3) is 11.6 Å². The fourth-order valence-electron chi connectivity index (χ4n) is 2.23. The lowest BCUT2D eigenvalue weighted by Gasteiger charge is -2.22. The highest BCUT2D eigenvalue weighted by Gasteiger charge is 2.49. The molecular formula is C14H17N5O4S. The van der Waals surface area contributed by atoms with Crippen LogP contribution in [0.5, 0.6) is 0 Å². The lowest BCUT2D eigenvalue weighted by Crippen LogP contribution is -2.51. The molecule has 1 aromatic rings. The van der Waals surface area contributed by atoms with E-state index in [-0.39, 0.29) is 10.8 Å². The van der Waals surface area contributed by atoms with Gasteiger partial charge in [-0.2, -0.15) is 5.01 Å². The molecule has 1 aromatic carbocycles. The van der Waals surface area contributed by atoms with E-state index in [0.717, 1.165) is 11.4 Å². The first kappa shape index (κ1) is 17.6. The van der Waals surface area contributed by atoms with E-state index in [9.17, 15) is 19.7 Å². The van der Waals surface area contributed by atoms with Gasteiger partial charge in [-0.05, 0) is 43.3 Å². The lowest BCUT2D eigenvalue weighted by molar-refractivity contribution is -0.384. The molecule has 1 aliphatic heterocycles. The first-order valence-electron chi connectivity index (χ1n) is 7.25. The Labute approximate surface area is 143 Å². The molecule has 24 heavy (non-hydrogen) atoms. The molecule has 0 aliphatic carbocycles. The van der Waals surface area contributed by atoms with Crippen LogP contribution in [0.25, 0.3) is 0 Å². The highest BCUT2D eigenvalue weighted by molar-refractivity contribution is 7.80. The van der Waals surface area contributed by atoms with Crippen LogP contribution in [0.3, 0.4) is 0 Å². The van der Waals surface area contributed by atoms with Crippen molar-refractivity contribution < 1.29 is 14.5 Å². The second-order valence-electron chi connectivity index (χ2n) is 5.37. The summed E-state index contributed by atoms with van der Waals surface area (Å²) in [7, 11) is 0. The summed E-state index contributed by atoms with van der Waals surface area (Å²) in [6.45, 7) is 4.09. The number of thiocarbonyl (C=S) groups is 1. The Morgan fingerprint density at radius 2 is 2.00 bits per heavy atom. The number of hydrogen-bond acceptors (Lipinski definition) is 5. The molecule has 10 heteroatoms. The van der Waals surface area contributed by atoms with E-state index >= 15 is 0 Å². The number of rotatable bonds is 5. The first-order valence-corrected chi connectivity index (χ1v) is 7.66. The van der Waals surface area contributed by atoms with Gasteiger partial charge < -0.3 is 10.6 Å². The Kier molecular flexibility index (Phi) is 4.98. The summed E-state index contributed by atoms with van der Waals surface area (Å²) in [5.41, 5.74) is 1.55. The van der Waals surface area contributed by atoms with Gasteiger partial charge in [-0.3, -0.25) is 20.3 Å². The van der Waals surface area contributed by atoms with Crippen molar-refractivity contribution in [2.45, 2.75) is 25.8 Å². The third kappa shape index (κ3) is 3.27. The number of nitrogens with zero attached hydrogens (tertiary/aromatic N) is 2. The highest BCUT2D eigenvalue weighted by Crippen LogP contribution is 2.29. The number of hydrazine groups is 1. The highest BCUT2D eigenvalue weighted by atomic mass is 32.1. The van der Waals surface area contributed by atoms with Crippen molar-refractivity contribution in [3.8, 4) is 0 Å². The van der Waals surface area contributed by atoms with Crippen LogP contribution >= 0.6 is 12.2 Å². The van der Waals surface area contributed by atoms with Crippen molar-refractivity contribution in [1.82, 2.24) is 21.1 Å². The summed E-state index contributed by atoms with van der Waals surface area (Å²) in [5.74, 6) is -0.554. The molecule has 1 saturated heterocycles. The SMILES string of the molecule is CCCNC(=S)NN1C(=O)N[C@](C)(c2ccc([N+](=O)[O-])cc2)C1=O. The van der Waals surface area contributed by atoms with E-state index in [0.29, 0.717) is 12.1 Å². The van der Waals surface area contributed by atoms with E-state index in [1.165, 1.54) is 31.2 Å². The predicted molar refractivity (Wildman–Crippen MR) is 89.9 cm³/mol. The predicted octanol–water partition coefficient (Wildman–Crippen LogP) is 1.15. The number of amides is 3. The quantitative estimate of drug-likeness (QED) is 0.315. The molecule has 1 heterocycles. The molecule has 3 amide bonds. The van der Waals surface area contributed by atoms with Crippen LogP contribution in [0.15, 0.2) is 24.3 Å². The molecule has 0 radical (unpaired) electrons. The number of nitro groups is 1. The minimum absolute atomic E-state index is 0.0981. The van der Waals surface area contributed by atoms with Crippen molar-refractivity contribution in [2.24, 2.45) is 0 Å². The van der Waals surface area contributed by atoms with Gasteiger partial charge in [0.2, 0.25) is 0 Å². The first-order chi connectivity index (χ1) is 11.3. The molecule has 0 unspecified atom stereocenters. The summed E-state index contributed by atoms with van der Waals surface area (Å²) in [4.78, 5) is 34.9. The van der Waals surface area contributed by atoms with Crippen molar-refractivity contribution in [1.29, 1.82) is 0 Å². The van der Waals surface area contributed by atoms with Gasteiger partial charge in [0, 0.05) is 18.7 Å². The van der Waals surface area contributed by atoms with E-state index in [4.69, 9.17) is 12.2 Å². The number of carbonyl (C=O) groups excluding carboxylic acids is 2. The van der Waals surface area contributed by atoms with Crippen LogP contribution in [-0.2, 0) is 10.3 Å². The summed E-state index contributed by atoms with van der Waals surface area (Å²) in [6.07, 6.45) is 0.836. The number of urea groups is 1. The fourth-order valence-corrected chi connectivity index (χ4v) is 2.43. The minimum atomic E-state index is -1.33. The van der Waals surface area contributed by atoms with Crippen molar-refractivity contribution in [2.75, 3.05) is 6.54 Å². The van der Waals surface area contributed by atoms with Gasteiger partial charge in [0.1, 0.15) is 5.54 Å². The van der Waals surface area contributed by atoms with Gasteiger partial charge in [0.05, 0.1) is 4.92 Å². The normalized spacial score (nSPS) is 19.8. The molecule has 0 aromatic heterocycles. The summed E-state index contributed by atoms with van der Waals surface area (Å²) in [5, 5.41) is 17.1. The van der Waals surface area contributed by atoms with Crippen LogP contribution in [0.1, 0.15) is 25.8 Å². The van der Waals surface area contributed by atoms with Crippen LogP contribution in [0.2, 0.25) is 0 Å². The summed E-state index contributed by atoms with van der Waals surface area (Å²) >= 11 is 5.03. The van der Waals surface area contributed by atoms with Crippen molar-refractivity contribution in [3.05, 3.63) is 39.9 Å². The number of nitro benzene ring substituents is 1. The van der Waals surface area contributed by atoms with Crippen LogP contribution < -0.4 is 16.1 Å². The zero-order valence-electron chi connectivity index (χ0n) is 13.2. The van der Waals surface area contributed by atoms with E-state index in [2.05, 4.69) is 16.1 Å². The Hall–Kier alpha value is -2.75. The maximum Gasteiger partial charge on any atom is 0.344 e. The molecule has 0 bridgehead atoms. The third-order valence-electron chi connectivity index (χ3n) is 3.60. The molecule has 1 fully saturated rings. The fraction of sp³-hybridized carbons (Fsp3) is 0.357.